The molecule has 2 amide bonds. The standard InChI is InChI=1S/C44H56N6O4/c1-3-27-25-49-21-17-29(27)23-37(49)43(53)33-15-19-45-41-31(33)9-7-11-35(41)47-39(51)13-5-6-14-40(52)48-36-12-8-10-32-34(16-20-46-42(32)36)44(54)38-24-30-18-22-50(38)26-28(30)4-2/h7-12,15-16,19-20,27-30,37-38,43-44,53-54H,3-6,13-14,17-18,21-26H2,1-2H3,(H,47,51)(H,48,52)/t27-,28+,29-,30+,37-,38-,43?,44?/m0/s1. The van der Waals surface area contributed by atoms with Crippen LogP contribution in [0.3, 0.4) is 0 Å². The van der Waals surface area contributed by atoms with Crippen molar-refractivity contribution in [2.75, 3.05) is 36.8 Å². The van der Waals surface area contributed by atoms with E-state index in [2.05, 4.69) is 44.2 Å². The zero-order chi connectivity index (χ0) is 37.3. The smallest absolute Gasteiger partial charge is 0.224 e. The topological polar surface area (TPSA) is 131 Å². The summed E-state index contributed by atoms with van der Waals surface area (Å²) >= 11 is 0. The van der Waals surface area contributed by atoms with Gasteiger partial charge in [-0.15, -0.1) is 0 Å². The van der Waals surface area contributed by atoms with Gasteiger partial charge in [-0.25, -0.2) is 0 Å². The highest BCUT2D eigenvalue weighted by atomic mass is 16.3. The molecule has 54 heavy (non-hydrogen) atoms. The predicted octanol–water partition coefficient (Wildman–Crippen LogP) is 7.23. The van der Waals surface area contributed by atoms with Crippen molar-refractivity contribution in [3.05, 3.63) is 72.1 Å². The van der Waals surface area contributed by atoms with Crippen LogP contribution < -0.4 is 10.6 Å². The third-order valence-corrected chi connectivity index (χ3v) is 13.5. The number of nitrogens with zero attached hydrogens (tertiary/aromatic N) is 4. The van der Waals surface area contributed by atoms with Crippen molar-refractivity contribution in [2.45, 2.75) is 102 Å². The number of para-hydroxylation sites is 2. The number of fused-ring (bicyclic) bond motifs is 8. The van der Waals surface area contributed by atoms with Gasteiger partial charge in [0, 0.05) is 61.2 Å². The lowest BCUT2D eigenvalue weighted by Crippen LogP contribution is -2.55. The Bertz CT molecular complexity index is 1850. The fraction of sp³-hybridized carbons (Fsp3) is 0.545. The minimum atomic E-state index is -0.616. The number of hydrogen-bond acceptors (Lipinski definition) is 8. The molecule has 0 saturated carbocycles. The quantitative estimate of drug-likeness (QED) is 0.106. The molecule has 0 aliphatic carbocycles. The highest BCUT2D eigenvalue weighted by molar-refractivity contribution is 6.02. The maximum atomic E-state index is 13.1. The van der Waals surface area contributed by atoms with Crippen molar-refractivity contribution in [3.8, 4) is 0 Å². The summed E-state index contributed by atoms with van der Waals surface area (Å²) in [5.41, 5.74) is 4.34. The van der Waals surface area contributed by atoms with Gasteiger partial charge in [0.25, 0.3) is 0 Å². The van der Waals surface area contributed by atoms with Crippen LogP contribution in [0, 0.1) is 23.7 Å². The van der Waals surface area contributed by atoms with Crippen molar-refractivity contribution in [1.29, 1.82) is 0 Å². The number of aliphatic hydroxyl groups is 2. The number of rotatable bonds is 13. The molecule has 8 heterocycles. The maximum Gasteiger partial charge on any atom is 0.224 e. The summed E-state index contributed by atoms with van der Waals surface area (Å²) in [4.78, 5) is 40.4. The molecule has 4 N–H and O–H groups in total. The summed E-state index contributed by atoms with van der Waals surface area (Å²) in [6.07, 6.45) is 10.7. The van der Waals surface area contributed by atoms with Gasteiger partial charge in [-0.05, 0) is 111 Å². The molecule has 4 unspecified atom stereocenters. The molecule has 2 aromatic heterocycles. The molecular formula is C44H56N6O4. The summed E-state index contributed by atoms with van der Waals surface area (Å²) < 4.78 is 0. The fourth-order valence-electron chi connectivity index (χ4n) is 10.5. The first kappa shape index (κ1) is 37.0. The lowest BCUT2D eigenvalue weighted by molar-refractivity contribution is -0.118. The number of aliphatic hydroxyl groups excluding tert-OH is 2. The zero-order valence-electron chi connectivity index (χ0n) is 31.8. The van der Waals surface area contributed by atoms with E-state index < -0.39 is 12.2 Å². The Kier molecular flexibility index (Phi) is 11.0. The number of carbonyl (C=O) groups excluding carboxylic acids is 2. The SMILES string of the molecule is CC[C@@H]1CN2CC[C@@H]1C[C@H]2C(O)c1ccnc2c(NC(=O)CCCCC(=O)Nc3cccc4c(C(O)[C@@H]5C[C@@H]6CCN5C[C@@H]6CC)ccnc34)cccc12. The van der Waals surface area contributed by atoms with E-state index >= 15 is 0 Å². The number of amides is 2. The second-order valence-corrected chi connectivity index (χ2v) is 16.4. The Morgan fingerprint density at radius 1 is 0.704 bits per heavy atom. The summed E-state index contributed by atoms with van der Waals surface area (Å²) in [6, 6.07) is 15.5. The molecule has 10 heteroatoms. The molecule has 6 fully saturated rings. The van der Waals surface area contributed by atoms with Crippen LogP contribution in [0.4, 0.5) is 11.4 Å². The second kappa shape index (κ2) is 16.0. The van der Waals surface area contributed by atoms with E-state index in [-0.39, 0.29) is 36.7 Å². The Morgan fingerprint density at radius 3 is 1.54 bits per heavy atom. The van der Waals surface area contributed by atoms with Gasteiger partial charge in [-0.2, -0.15) is 0 Å². The number of benzene rings is 2. The molecule has 2 aromatic carbocycles. The average molecular weight is 733 g/mol. The van der Waals surface area contributed by atoms with E-state index in [0.29, 0.717) is 47.1 Å². The minimum absolute atomic E-state index is 0.100. The molecule has 10 rings (SSSR count). The lowest BCUT2D eigenvalue weighted by atomic mass is 9.72. The molecule has 6 aliphatic rings. The third kappa shape index (κ3) is 7.26. The Labute approximate surface area is 318 Å². The van der Waals surface area contributed by atoms with Gasteiger partial charge in [0.05, 0.1) is 34.6 Å². The number of hydrogen-bond donors (Lipinski definition) is 4. The number of carbonyl (C=O) groups is 2. The molecule has 10 atom stereocenters. The maximum absolute atomic E-state index is 13.1. The monoisotopic (exact) mass is 732 g/mol. The highest BCUT2D eigenvalue weighted by Gasteiger charge is 2.44. The Morgan fingerprint density at radius 2 is 1.15 bits per heavy atom. The van der Waals surface area contributed by atoms with Crippen molar-refractivity contribution in [2.24, 2.45) is 23.7 Å². The molecule has 0 radical (unpaired) electrons. The summed E-state index contributed by atoms with van der Waals surface area (Å²) in [6.45, 7) is 8.74. The van der Waals surface area contributed by atoms with Crippen LogP contribution in [-0.2, 0) is 9.59 Å². The van der Waals surface area contributed by atoms with E-state index in [1.165, 1.54) is 25.7 Å². The highest BCUT2D eigenvalue weighted by Crippen LogP contribution is 2.44. The van der Waals surface area contributed by atoms with Gasteiger partial charge >= 0.3 is 0 Å². The van der Waals surface area contributed by atoms with Crippen LogP contribution in [-0.4, -0.2) is 80.1 Å². The van der Waals surface area contributed by atoms with Gasteiger partial charge in [-0.1, -0.05) is 51.0 Å². The first-order valence-electron chi connectivity index (χ1n) is 20.5. The van der Waals surface area contributed by atoms with Crippen LogP contribution in [0.5, 0.6) is 0 Å². The van der Waals surface area contributed by atoms with Crippen molar-refractivity contribution in [3.63, 3.8) is 0 Å². The number of piperidine rings is 6. The van der Waals surface area contributed by atoms with Crippen LogP contribution in [0.15, 0.2) is 60.9 Å². The molecule has 286 valence electrons. The predicted molar refractivity (Wildman–Crippen MR) is 213 cm³/mol. The number of anilines is 2. The van der Waals surface area contributed by atoms with Crippen molar-refractivity contribution < 1.29 is 19.8 Å². The lowest BCUT2D eigenvalue weighted by Gasteiger charge is -2.51. The first-order valence-corrected chi connectivity index (χ1v) is 20.5. The van der Waals surface area contributed by atoms with Crippen LogP contribution in [0.25, 0.3) is 21.8 Å². The van der Waals surface area contributed by atoms with E-state index in [9.17, 15) is 19.8 Å². The number of nitrogens with one attached hydrogen (secondary N) is 2. The van der Waals surface area contributed by atoms with Crippen molar-refractivity contribution in [1.82, 2.24) is 19.8 Å². The number of aromatic nitrogens is 2. The van der Waals surface area contributed by atoms with Crippen LogP contribution >= 0.6 is 0 Å². The minimum Gasteiger partial charge on any atom is -0.387 e. The Hall–Kier alpha value is -3.96. The van der Waals surface area contributed by atoms with Gasteiger partial charge in [-0.3, -0.25) is 29.4 Å². The van der Waals surface area contributed by atoms with Crippen LogP contribution in [0.1, 0.15) is 101 Å². The zero-order valence-corrected chi connectivity index (χ0v) is 31.8. The molecule has 6 saturated heterocycles. The van der Waals surface area contributed by atoms with E-state index in [4.69, 9.17) is 0 Å². The normalized spacial score (nSPS) is 28.6. The number of pyridine rings is 2. The largest absolute Gasteiger partial charge is 0.387 e. The summed E-state index contributed by atoms with van der Waals surface area (Å²) in [7, 11) is 0. The third-order valence-electron chi connectivity index (χ3n) is 13.5. The molecule has 0 spiro atoms. The van der Waals surface area contributed by atoms with Gasteiger partial charge in [0.1, 0.15) is 0 Å². The van der Waals surface area contributed by atoms with Crippen LogP contribution in [0.2, 0.25) is 0 Å². The molecule has 10 nitrogen and oxygen atoms in total. The fourth-order valence-corrected chi connectivity index (χ4v) is 10.5. The van der Waals surface area contributed by atoms with E-state index in [1.54, 1.807) is 12.4 Å². The molecule has 6 aliphatic heterocycles. The summed E-state index contributed by atoms with van der Waals surface area (Å²) in [5.74, 6) is 2.52. The molecule has 4 aromatic rings. The van der Waals surface area contributed by atoms with E-state index in [1.807, 2.05) is 48.5 Å². The van der Waals surface area contributed by atoms with Gasteiger partial charge < -0.3 is 20.8 Å². The first-order chi connectivity index (χ1) is 26.3. The van der Waals surface area contributed by atoms with E-state index in [0.717, 1.165) is 72.8 Å². The van der Waals surface area contributed by atoms with Crippen molar-refractivity contribution >= 4 is 45.0 Å². The van der Waals surface area contributed by atoms with Gasteiger partial charge in [0.2, 0.25) is 11.8 Å². The summed E-state index contributed by atoms with van der Waals surface area (Å²) in [5, 5.41) is 31.1. The molecular weight excluding hydrogens is 677 g/mol. The Balaban J connectivity index is 0.851. The second-order valence-electron chi connectivity index (χ2n) is 16.4. The van der Waals surface area contributed by atoms with Gasteiger partial charge in [0.15, 0.2) is 0 Å². The molecule has 4 bridgehead atoms. The average Bonchev–Trinajstić information content (AvgIpc) is 3.21. The number of unbranched alkanes of at least 4 members (excludes halogenated alkanes) is 1.